The van der Waals surface area contributed by atoms with Crippen LogP contribution in [0.2, 0.25) is 5.02 Å². The maximum absolute atomic E-state index is 9.74. The standard InChI is InChI=1S/C23H25ClN2O5/c1-28-13-15-12-25-23-20(9-10-27)31-21(16-5-4-6-19(29-2)22(16)30-3)17-11-14(24)7-8-18(17)26(15)23/h4-8,11-12,20-21,27H,9-10,13H2,1-3H3/t20-,21-/m1/s1. The van der Waals surface area contributed by atoms with Gasteiger partial charge in [-0.05, 0) is 24.3 Å². The van der Waals surface area contributed by atoms with E-state index < -0.39 is 12.2 Å². The molecule has 0 fully saturated rings. The van der Waals surface area contributed by atoms with Gasteiger partial charge < -0.3 is 24.1 Å². The number of methoxy groups -OCH3 is 3. The number of nitrogens with zero attached hydrogens (tertiary/aromatic N) is 2. The molecule has 2 atom stereocenters. The van der Waals surface area contributed by atoms with Gasteiger partial charge in [0.05, 0.1) is 38.4 Å². The van der Waals surface area contributed by atoms with Gasteiger partial charge in [0.1, 0.15) is 18.0 Å². The summed E-state index contributed by atoms with van der Waals surface area (Å²) in [7, 11) is 4.84. The van der Waals surface area contributed by atoms with Gasteiger partial charge in [-0.1, -0.05) is 23.7 Å². The summed E-state index contributed by atoms with van der Waals surface area (Å²) < 4.78 is 25.2. The molecule has 0 unspecified atom stereocenters. The number of hydrogen-bond donors (Lipinski definition) is 1. The molecule has 0 amide bonds. The number of rotatable bonds is 7. The average Bonchev–Trinajstić information content (AvgIpc) is 3.14. The Balaban J connectivity index is 1.98. The first-order valence-corrected chi connectivity index (χ1v) is 10.3. The van der Waals surface area contributed by atoms with Crippen molar-refractivity contribution in [3.63, 3.8) is 0 Å². The van der Waals surface area contributed by atoms with Crippen molar-refractivity contribution in [3.05, 3.63) is 70.3 Å². The van der Waals surface area contributed by atoms with Gasteiger partial charge in [-0.25, -0.2) is 4.98 Å². The van der Waals surface area contributed by atoms with E-state index in [1.165, 1.54) is 0 Å². The normalized spacial score (nSPS) is 17.6. The van der Waals surface area contributed by atoms with Gasteiger partial charge in [-0.2, -0.15) is 0 Å². The summed E-state index contributed by atoms with van der Waals surface area (Å²) in [6.45, 7) is 0.338. The van der Waals surface area contributed by atoms with Crippen LogP contribution in [0, 0.1) is 0 Å². The quantitative estimate of drug-likeness (QED) is 0.587. The zero-order valence-electron chi connectivity index (χ0n) is 17.7. The fraction of sp³-hybridized carbons (Fsp3) is 0.348. The van der Waals surface area contributed by atoms with Gasteiger partial charge in [0, 0.05) is 36.3 Å². The van der Waals surface area contributed by atoms with Gasteiger partial charge in [0.25, 0.3) is 0 Å². The van der Waals surface area contributed by atoms with Crippen LogP contribution in [0.1, 0.15) is 41.3 Å². The largest absolute Gasteiger partial charge is 0.493 e. The van der Waals surface area contributed by atoms with Crippen molar-refractivity contribution in [1.29, 1.82) is 0 Å². The second-order valence-electron chi connectivity index (χ2n) is 7.18. The maximum atomic E-state index is 9.74. The van der Waals surface area contributed by atoms with Crippen molar-refractivity contribution in [1.82, 2.24) is 9.55 Å². The first-order chi connectivity index (χ1) is 15.1. The van der Waals surface area contributed by atoms with Crippen molar-refractivity contribution >= 4 is 11.6 Å². The summed E-state index contributed by atoms with van der Waals surface area (Å²) in [5, 5.41) is 10.3. The van der Waals surface area contributed by atoms with Crippen LogP contribution in [-0.4, -0.2) is 42.6 Å². The second-order valence-corrected chi connectivity index (χ2v) is 7.62. The number of para-hydroxylation sites is 1. The van der Waals surface area contributed by atoms with Crippen LogP contribution in [0.5, 0.6) is 11.5 Å². The molecule has 0 spiro atoms. The minimum absolute atomic E-state index is 0.0454. The van der Waals surface area contributed by atoms with E-state index in [2.05, 4.69) is 4.98 Å². The number of aromatic nitrogens is 2. The molecule has 2 aromatic carbocycles. The average molecular weight is 445 g/mol. The lowest BCUT2D eigenvalue weighted by Crippen LogP contribution is -2.14. The third-order valence-corrected chi connectivity index (χ3v) is 5.60. The van der Waals surface area contributed by atoms with Crippen LogP contribution in [-0.2, 0) is 16.1 Å². The van der Waals surface area contributed by atoms with Crippen LogP contribution in [0.15, 0.2) is 42.6 Å². The van der Waals surface area contributed by atoms with E-state index >= 15 is 0 Å². The minimum Gasteiger partial charge on any atom is -0.493 e. The molecule has 3 aromatic rings. The lowest BCUT2D eigenvalue weighted by atomic mass is 9.98. The molecular weight excluding hydrogens is 420 g/mol. The van der Waals surface area contributed by atoms with Crippen molar-refractivity contribution in [3.8, 4) is 17.2 Å². The molecule has 0 radical (unpaired) electrons. The first-order valence-electron chi connectivity index (χ1n) is 9.95. The van der Waals surface area contributed by atoms with Crippen LogP contribution in [0.3, 0.4) is 0 Å². The third-order valence-electron chi connectivity index (χ3n) is 5.36. The molecular formula is C23H25ClN2O5. The lowest BCUT2D eigenvalue weighted by molar-refractivity contribution is -0.00966. The van der Waals surface area contributed by atoms with E-state index in [0.717, 1.165) is 22.5 Å². The van der Waals surface area contributed by atoms with Gasteiger partial charge in [0.2, 0.25) is 0 Å². The van der Waals surface area contributed by atoms with Gasteiger partial charge in [0.15, 0.2) is 11.5 Å². The van der Waals surface area contributed by atoms with Gasteiger partial charge in [-0.3, -0.25) is 4.57 Å². The fourth-order valence-electron chi connectivity index (χ4n) is 4.07. The predicted octanol–water partition coefficient (Wildman–Crippen LogP) is 4.23. The Bertz CT molecular complexity index is 1070. The molecule has 0 saturated heterocycles. The van der Waals surface area contributed by atoms with Crippen LogP contribution in [0.25, 0.3) is 5.69 Å². The van der Waals surface area contributed by atoms with E-state index in [1.54, 1.807) is 27.5 Å². The summed E-state index contributed by atoms with van der Waals surface area (Å²) in [5.41, 5.74) is 3.42. The number of aliphatic hydroxyl groups is 1. The molecule has 31 heavy (non-hydrogen) atoms. The minimum atomic E-state index is -0.521. The third kappa shape index (κ3) is 3.90. The summed E-state index contributed by atoms with van der Waals surface area (Å²) in [6.07, 6.45) is 1.18. The molecule has 1 N–H and O–H groups in total. The fourth-order valence-corrected chi connectivity index (χ4v) is 4.25. The van der Waals surface area contributed by atoms with Crippen molar-refractivity contribution in [2.45, 2.75) is 25.2 Å². The number of hydrogen-bond acceptors (Lipinski definition) is 6. The van der Waals surface area contributed by atoms with Crippen molar-refractivity contribution < 1.29 is 24.1 Å². The van der Waals surface area contributed by atoms with E-state index in [9.17, 15) is 5.11 Å². The Morgan fingerprint density at radius 1 is 1.13 bits per heavy atom. The maximum Gasteiger partial charge on any atom is 0.166 e. The summed E-state index contributed by atoms with van der Waals surface area (Å²) >= 11 is 6.41. The van der Waals surface area contributed by atoms with E-state index in [-0.39, 0.29) is 6.61 Å². The van der Waals surface area contributed by atoms with Crippen LogP contribution >= 0.6 is 11.6 Å². The number of ether oxygens (including phenoxy) is 4. The van der Waals surface area contributed by atoms with Crippen LogP contribution in [0.4, 0.5) is 0 Å². The smallest absolute Gasteiger partial charge is 0.166 e. The lowest BCUT2D eigenvalue weighted by Gasteiger charge is -2.24. The highest BCUT2D eigenvalue weighted by Gasteiger charge is 2.34. The number of halogens is 1. The topological polar surface area (TPSA) is 75.0 Å². The molecule has 1 aliphatic rings. The molecule has 7 nitrogen and oxygen atoms in total. The SMILES string of the molecule is COCc1cnc2n1-c1ccc(Cl)cc1[C@@H](c1cccc(OC)c1OC)O[C@@H]2CCO. The summed E-state index contributed by atoms with van der Waals surface area (Å²) in [5.74, 6) is 1.89. The Hall–Kier alpha value is -2.58. The van der Waals surface area contributed by atoms with Crippen molar-refractivity contribution in [2.24, 2.45) is 0 Å². The highest BCUT2D eigenvalue weighted by atomic mass is 35.5. The van der Waals surface area contributed by atoms with Gasteiger partial charge >= 0.3 is 0 Å². The zero-order valence-corrected chi connectivity index (χ0v) is 18.4. The Morgan fingerprint density at radius 2 is 1.97 bits per heavy atom. The first kappa shape index (κ1) is 21.6. The predicted molar refractivity (Wildman–Crippen MR) is 116 cm³/mol. The monoisotopic (exact) mass is 444 g/mol. The molecule has 0 saturated carbocycles. The summed E-state index contributed by atoms with van der Waals surface area (Å²) in [4.78, 5) is 4.62. The number of benzene rings is 2. The van der Waals surface area contributed by atoms with E-state index in [4.69, 9.17) is 30.5 Å². The van der Waals surface area contributed by atoms with Crippen LogP contribution < -0.4 is 9.47 Å². The molecule has 1 aromatic heterocycles. The molecule has 1 aliphatic heterocycles. The molecule has 0 bridgehead atoms. The highest BCUT2D eigenvalue weighted by Crippen LogP contribution is 2.46. The van der Waals surface area contributed by atoms with Crippen molar-refractivity contribution in [2.75, 3.05) is 27.9 Å². The van der Waals surface area contributed by atoms with E-state index in [1.807, 2.05) is 41.0 Å². The molecule has 2 heterocycles. The second kappa shape index (κ2) is 9.28. The Kier molecular flexibility index (Phi) is 6.48. The number of imidazole rings is 1. The highest BCUT2D eigenvalue weighted by molar-refractivity contribution is 6.30. The van der Waals surface area contributed by atoms with Gasteiger partial charge in [-0.15, -0.1) is 0 Å². The number of fused-ring (bicyclic) bond motifs is 3. The molecule has 164 valence electrons. The number of aliphatic hydroxyl groups excluding tert-OH is 1. The van der Waals surface area contributed by atoms with E-state index in [0.29, 0.717) is 35.4 Å². The Morgan fingerprint density at radius 3 is 2.68 bits per heavy atom. The Labute approximate surface area is 186 Å². The molecule has 8 heteroatoms. The summed E-state index contributed by atoms with van der Waals surface area (Å²) in [6, 6.07) is 11.4. The zero-order chi connectivity index (χ0) is 22.0. The molecule has 4 rings (SSSR count). The molecule has 0 aliphatic carbocycles.